The molecule has 2 aromatic heterocycles. The highest BCUT2D eigenvalue weighted by molar-refractivity contribution is 7.47. The van der Waals surface area contributed by atoms with Gasteiger partial charge in [-0.2, -0.15) is 0 Å². The molecule has 0 saturated carbocycles. The van der Waals surface area contributed by atoms with Crippen LogP contribution in [0, 0.1) is 13.8 Å². The number of aryl methyl sites for hydroxylation is 2. The fourth-order valence-electron chi connectivity index (χ4n) is 3.94. The van der Waals surface area contributed by atoms with E-state index in [0.29, 0.717) is 0 Å². The molecule has 2 unspecified atom stereocenters. The highest BCUT2D eigenvalue weighted by Gasteiger charge is 2.37. The van der Waals surface area contributed by atoms with Gasteiger partial charge in [0.25, 0.3) is 11.1 Å². The summed E-state index contributed by atoms with van der Waals surface area (Å²) in [6.45, 7) is 2.11. The van der Waals surface area contributed by atoms with Gasteiger partial charge in [0.15, 0.2) is 0 Å². The zero-order chi connectivity index (χ0) is 28.9. The average Bonchev–Trinajstić information content (AvgIpc) is 3.23. The number of nitrogens with two attached hydrogens (primary N) is 1. The molecular weight excluding hydrogens is 543 g/mol. The molecule has 0 bridgehead atoms. The minimum Gasteiger partial charge on any atom is -0.390 e. The first-order valence-corrected chi connectivity index (χ1v) is 13.5. The fraction of sp³-hybridized carbons (Fsp3) is 0.619. The van der Waals surface area contributed by atoms with Gasteiger partial charge >= 0.3 is 19.2 Å². The number of ether oxygens (including phenoxy) is 1. The lowest BCUT2D eigenvalue weighted by Crippen LogP contribution is -2.45. The summed E-state index contributed by atoms with van der Waals surface area (Å²) in [4.78, 5) is 62.9. The van der Waals surface area contributed by atoms with Gasteiger partial charge < -0.3 is 25.6 Å². The van der Waals surface area contributed by atoms with Crippen LogP contribution in [0.25, 0.3) is 0 Å². The summed E-state index contributed by atoms with van der Waals surface area (Å²) in [5.74, 6) is 0. The van der Waals surface area contributed by atoms with Crippen LogP contribution in [0.4, 0.5) is 0 Å². The molecule has 5 atom stereocenters. The van der Waals surface area contributed by atoms with Crippen LogP contribution in [0.2, 0.25) is 0 Å². The standard InChI is InChI=1S/C21H33N6O11P/c1-12-8-26(20(32)23-18(12)30)10-16(29)25(4-3-22)5-6-36-39(34,35)37-11-15-14(28)7-17(38-15)27-9-13(2)19(31)24-21(27)33/h8-9,14-17,28-29H,3-7,10-11,22H2,1-2H3,(H,34,35)(H,23,30,32)(H,24,31,33)/t14-,15+,16?,17+/m0/s1. The molecule has 0 amide bonds. The Balaban J connectivity index is 1.52. The van der Waals surface area contributed by atoms with Gasteiger partial charge in [-0.25, -0.2) is 14.2 Å². The second kappa shape index (κ2) is 13.1. The van der Waals surface area contributed by atoms with Gasteiger partial charge in [-0.1, -0.05) is 0 Å². The van der Waals surface area contributed by atoms with E-state index in [9.17, 15) is 38.8 Å². The second-order valence-corrected chi connectivity index (χ2v) is 10.5. The van der Waals surface area contributed by atoms with Crippen molar-refractivity contribution in [3.63, 3.8) is 0 Å². The Kier molecular flexibility index (Phi) is 10.3. The number of H-pyrrole nitrogens is 2. The van der Waals surface area contributed by atoms with E-state index in [4.69, 9.17) is 19.5 Å². The van der Waals surface area contributed by atoms with E-state index in [2.05, 4.69) is 9.97 Å². The van der Waals surface area contributed by atoms with Crippen molar-refractivity contribution >= 4 is 7.82 Å². The van der Waals surface area contributed by atoms with Crippen LogP contribution in [0.1, 0.15) is 23.8 Å². The highest BCUT2D eigenvalue weighted by Crippen LogP contribution is 2.44. The van der Waals surface area contributed by atoms with Gasteiger partial charge in [0.1, 0.15) is 18.6 Å². The van der Waals surface area contributed by atoms with Crippen LogP contribution in [-0.4, -0.2) is 90.4 Å². The molecule has 3 heterocycles. The van der Waals surface area contributed by atoms with Crippen molar-refractivity contribution in [2.75, 3.05) is 32.8 Å². The molecule has 0 aromatic carbocycles. The lowest BCUT2D eigenvalue weighted by molar-refractivity contribution is -0.0480. The summed E-state index contributed by atoms with van der Waals surface area (Å²) in [6.07, 6.45) is -1.80. The summed E-state index contributed by atoms with van der Waals surface area (Å²) in [6, 6.07) is 0. The molecule has 0 radical (unpaired) electrons. The van der Waals surface area contributed by atoms with Crippen molar-refractivity contribution in [1.82, 2.24) is 24.0 Å². The lowest BCUT2D eigenvalue weighted by atomic mass is 10.2. The van der Waals surface area contributed by atoms with Crippen molar-refractivity contribution in [1.29, 1.82) is 0 Å². The van der Waals surface area contributed by atoms with E-state index in [1.165, 1.54) is 31.1 Å². The minimum absolute atomic E-state index is 0.0279. The number of rotatable bonds is 13. The number of aliphatic hydroxyl groups is 2. The third-order valence-corrected chi connectivity index (χ3v) is 7.07. The van der Waals surface area contributed by atoms with Crippen LogP contribution in [0.3, 0.4) is 0 Å². The Morgan fingerprint density at radius 3 is 2.44 bits per heavy atom. The smallest absolute Gasteiger partial charge is 0.390 e. The number of hydrogen-bond acceptors (Lipinski definition) is 12. The van der Waals surface area contributed by atoms with Gasteiger partial charge in [0.2, 0.25) is 0 Å². The molecule has 39 heavy (non-hydrogen) atoms. The van der Waals surface area contributed by atoms with Crippen LogP contribution < -0.4 is 28.2 Å². The molecule has 218 valence electrons. The number of hydrogen-bond donors (Lipinski definition) is 6. The quantitative estimate of drug-likeness (QED) is 0.103. The first-order chi connectivity index (χ1) is 18.3. The molecule has 0 aliphatic carbocycles. The number of nitrogens with one attached hydrogen (secondary N) is 2. The Bertz CT molecular complexity index is 1420. The van der Waals surface area contributed by atoms with Gasteiger partial charge in [0, 0.05) is 49.6 Å². The van der Waals surface area contributed by atoms with Crippen molar-refractivity contribution in [2.45, 2.75) is 51.5 Å². The zero-order valence-corrected chi connectivity index (χ0v) is 22.3. The summed E-state index contributed by atoms with van der Waals surface area (Å²) >= 11 is 0. The van der Waals surface area contributed by atoms with Crippen molar-refractivity contribution in [3.05, 3.63) is 65.2 Å². The van der Waals surface area contributed by atoms with Gasteiger partial charge in [-0.05, 0) is 13.8 Å². The normalized spacial score (nSPS) is 21.8. The average molecular weight is 577 g/mol. The maximum atomic E-state index is 12.4. The number of phosphoric ester groups is 1. The van der Waals surface area contributed by atoms with Crippen LogP contribution >= 0.6 is 7.82 Å². The number of aliphatic hydroxyl groups excluding tert-OH is 2. The van der Waals surface area contributed by atoms with Crippen molar-refractivity contribution < 1.29 is 33.5 Å². The molecule has 7 N–H and O–H groups in total. The van der Waals surface area contributed by atoms with E-state index in [1.807, 2.05) is 0 Å². The van der Waals surface area contributed by atoms with E-state index in [0.717, 1.165) is 9.13 Å². The second-order valence-electron chi connectivity index (χ2n) is 9.04. The SMILES string of the molecule is Cc1cn(CC(O)N(CCN)CCOP(=O)(O)OC[C@H]2O[C@@H](n3cc(C)c(=O)[nH]c3=O)C[C@@H]2O)c(=O)[nH]c1=O. The molecule has 1 fully saturated rings. The number of phosphoric acid groups is 1. The third kappa shape index (κ3) is 8.14. The van der Waals surface area contributed by atoms with E-state index in [-0.39, 0.29) is 50.3 Å². The first kappa shape index (κ1) is 30.8. The molecule has 1 aliphatic heterocycles. The summed E-state index contributed by atoms with van der Waals surface area (Å²) < 4.78 is 30.1. The maximum Gasteiger partial charge on any atom is 0.472 e. The van der Waals surface area contributed by atoms with Gasteiger partial charge in [-0.15, -0.1) is 0 Å². The van der Waals surface area contributed by atoms with E-state index >= 15 is 0 Å². The van der Waals surface area contributed by atoms with Crippen LogP contribution in [0.5, 0.6) is 0 Å². The predicted molar refractivity (Wildman–Crippen MR) is 135 cm³/mol. The minimum atomic E-state index is -4.62. The largest absolute Gasteiger partial charge is 0.472 e. The maximum absolute atomic E-state index is 12.4. The molecule has 1 saturated heterocycles. The molecule has 3 rings (SSSR count). The molecule has 17 nitrogen and oxygen atoms in total. The molecule has 1 aliphatic rings. The van der Waals surface area contributed by atoms with E-state index < -0.39 is 61.6 Å². The topological polar surface area (TPSA) is 244 Å². The molecule has 0 spiro atoms. The van der Waals surface area contributed by atoms with Gasteiger partial charge in [0.05, 0.1) is 25.9 Å². The molecule has 18 heteroatoms. The fourth-order valence-corrected chi connectivity index (χ4v) is 4.66. The lowest BCUT2D eigenvalue weighted by Gasteiger charge is -2.28. The van der Waals surface area contributed by atoms with Crippen LogP contribution in [0.15, 0.2) is 31.6 Å². The summed E-state index contributed by atoms with van der Waals surface area (Å²) in [5.41, 5.74) is 3.59. The first-order valence-electron chi connectivity index (χ1n) is 12.0. The zero-order valence-electron chi connectivity index (χ0n) is 21.4. The van der Waals surface area contributed by atoms with Crippen molar-refractivity contribution in [2.24, 2.45) is 5.73 Å². The Morgan fingerprint density at radius 1 is 1.13 bits per heavy atom. The molecule has 2 aromatic rings. The summed E-state index contributed by atoms with van der Waals surface area (Å²) in [5, 5.41) is 20.8. The highest BCUT2D eigenvalue weighted by atomic mass is 31.2. The van der Waals surface area contributed by atoms with E-state index in [1.54, 1.807) is 0 Å². The predicted octanol–water partition coefficient (Wildman–Crippen LogP) is -2.94. The van der Waals surface area contributed by atoms with Crippen LogP contribution in [-0.2, 0) is 24.9 Å². The Morgan fingerprint density at radius 2 is 1.77 bits per heavy atom. The number of aromatic amines is 2. The molecular formula is C21H33N6O11P. The number of nitrogens with zero attached hydrogens (tertiary/aromatic N) is 3. The Hall–Kier alpha value is -2.73. The van der Waals surface area contributed by atoms with Gasteiger partial charge in [-0.3, -0.25) is 42.6 Å². The van der Waals surface area contributed by atoms with Crippen molar-refractivity contribution in [3.8, 4) is 0 Å². The summed E-state index contributed by atoms with van der Waals surface area (Å²) in [7, 11) is -4.62. The Labute approximate surface area is 221 Å². The third-order valence-electron chi connectivity index (χ3n) is 6.08. The monoisotopic (exact) mass is 576 g/mol. The number of aromatic nitrogens is 4.